The Balaban J connectivity index is 1.58. The summed E-state index contributed by atoms with van der Waals surface area (Å²) in [5.41, 5.74) is 2.87. The number of rotatable bonds is 8. The highest BCUT2D eigenvalue weighted by atomic mass is 16.4. The third-order valence-corrected chi connectivity index (χ3v) is 11.2. The average Bonchev–Trinajstić information content (AvgIpc) is 2.95. The minimum absolute atomic E-state index is 0.00645. The topological polar surface area (TPSA) is 187 Å². The summed E-state index contributed by atoms with van der Waals surface area (Å²) < 4.78 is 0. The van der Waals surface area contributed by atoms with E-state index in [0.717, 1.165) is 5.56 Å². The summed E-state index contributed by atoms with van der Waals surface area (Å²) in [5.74, 6) is -7.49. The molecule has 1 amide bonds. The van der Waals surface area contributed by atoms with Gasteiger partial charge in [-0.1, -0.05) is 71.9 Å². The fourth-order valence-electron chi connectivity index (χ4n) is 9.36. The van der Waals surface area contributed by atoms with Gasteiger partial charge in [-0.25, -0.2) is 0 Å². The highest BCUT2D eigenvalue weighted by Crippen LogP contribution is 2.66. The Morgan fingerprint density at radius 3 is 2.26 bits per heavy atom. The van der Waals surface area contributed by atoms with Crippen molar-refractivity contribution in [2.24, 2.45) is 40.2 Å². The van der Waals surface area contributed by atoms with Gasteiger partial charge in [0.05, 0.1) is 23.3 Å². The number of carbonyl (C=O) groups excluding carboxylic acids is 4. The molecule has 0 aliphatic heterocycles. The predicted molar refractivity (Wildman–Crippen MR) is 171 cm³/mol. The number of aliphatic hydroxyl groups excluding tert-OH is 2. The van der Waals surface area contributed by atoms with Gasteiger partial charge in [0, 0.05) is 23.9 Å². The highest BCUT2D eigenvalue weighted by Gasteiger charge is 2.76. The Morgan fingerprint density at radius 2 is 1.70 bits per heavy atom. The maximum Gasteiger partial charge on any atom is 0.230 e. The Kier molecular flexibility index (Phi) is 8.49. The lowest BCUT2D eigenvalue weighted by Crippen LogP contribution is -2.79. The number of phenols is 1. The van der Waals surface area contributed by atoms with Crippen molar-refractivity contribution >= 4 is 28.9 Å². The van der Waals surface area contributed by atoms with Crippen LogP contribution in [0.1, 0.15) is 92.1 Å². The van der Waals surface area contributed by atoms with Crippen molar-refractivity contribution < 1.29 is 39.6 Å². The zero-order valence-electron chi connectivity index (χ0n) is 27.3. The molecule has 10 heteroatoms. The molecule has 10 nitrogen and oxygen atoms in total. The van der Waals surface area contributed by atoms with Crippen LogP contribution in [0.2, 0.25) is 0 Å². The Morgan fingerprint density at radius 1 is 1.07 bits per heavy atom. The third-order valence-electron chi connectivity index (χ3n) is 11.2. The van der Waals surface area contributed by atoms with Gasteiger partial charge in [0.2, 0.25) is 5.91 Å². The number of Topliss-reactive ketones (excluding diaryl/α,β-unsaturated/α-hetero) is 3. The van der Waals surface area contributed by atoms with Crippen molar-refractivity contribution in [3.63, 3.8) is 0 Å². The van der Waals surface area contributed by atoms with E-state index in [1.165, 1.54) is 0 Å². The first-order valence-corrected chi connectivity index (χ1v) is 16.1. The fraction of sp³-hybridized carbons (Fsp3) is 0.556. The van der Waals surface area contributed by atoms with Crippen molar-refractivity contribution in [3.8, 4) is 5.75 Å². The van der Waals surface area contributed by atoms with Crippen molar-refractivity contribution in [1.29, 1.82) is 0 Å². The molecule has 46 heavy (non-hydrogen) atoms. The van der Waals surface area contributed by atoms with E-state index < -0.39 is 63.9 Å². The Bertz CT molecular complexity index is 1590. The molecule has 2 fully saturated rings. The van der Waals surface area contributed by atoms with E-state index in [9.17, 15) is 39.6 Å². The summed E-state index contributed by atoms with van der Waals surface area (Å²) in [4.78, 5) is 53.6. The number of aromatic hydroxyl groups is 1. The molecule has 0 bridgehead atoms. The van der Waals surface area contributed by atoms with Crippen LogP contribution in [0.5, 0.6) is 5.75 Å². The first-order valence-electron chi connectivity index (χ1n) is 16.1. The summed E-state index contributed by atoms with van der Waals surface area (Å²) in [5, 5.41) is 50.3. The molecule has 7 N–H and O–H groups in total. The number of anilines is 1. The number of nitrogens with two attached hydrogens (primary N) is 1. The van der Waals surface area contributed by atoms with Gasteiger partial charge in [-0.3, -0.25) is 19.2 Å². The molecule has 0 saturated heterocycles. The van der Waals surface area contributed by atoms with Crippen LogP contribution < -0.4 is 11.1 Å². The van der Waals surface area contributed by atoms with Crippen LogP contribution in [0.25, 0.3) is 0 Å². The molecule has 248 valence electrons. The molecule has 2 saturated carbocycles. The SMILES string of the molecule is CC(C)c1cc(NCCC(=O)c2ccccc2)c(O)c2c1C[C@]1(C)C[C@]3(C)[C@@H](C(C)C)C(O)[C@@H](C(N)=O)C(=O)[C@]3(O)C(O)[C@H]1C2=O. The number of benzene rings is 2. The zero-order valence-corrected chi connectivity index (χ0v) is 27.3. The van der Waals surface area contributed by atoms with Crippen LogP contribution >= 0.6 is 0 Å². The molecule has 8 atom stereocenters. The van der Waals surface area contributed by atoms with Crippen molar-refractivity contribution in [2.75, 3.05) is 11.9 Å². The molecule has 0 aromatic heterocycles. The van der Waals surface area contributed by atoms with Gasteiger partial charge in [0.15, 0.2) is 23.0 Å². The van der Waals surface area contributed by atoms with Gasteiger partial charge < -0.3 is 31.5 Å². The molecule has 5 rings (SSSR count). The van der Waals surface area contributed by atoms with Crippen molar-refractivity contribution in [3.05, 3.63) is 58.7 Å². The summed E-state index contributed by atoms with van der Waals surface area (Å²) >= 11 is 0. The van der Waals surface area contributed by atoms with E-state index in [1.807, 2.05) is 40.7 Å². The molecule has 0 heterocycles. The van der Waals surface area contributed by atoms with Crippen LogP contribution in [-0.4, -0.2) is 68.0 Å². The smallest absolute Gasteiger partial charge is 0.230 e. The van der Waals surface area contributed by atoms with E-state index in [1.54, 1.807) is 37.3 Å². The second-order valence-corrected chi connectivity index (χ2v) is 14.8. The fourth-order valence-corrected chi connectivity index (χ4v) is 9.36. The van der Waals surface area contributed by atoms with E-state index in [4.69, 9.17) is 5.73 Å². The minimum Gasteiger partial charge on any atom is -0.505 e. The third kappa shape index (κ3) is 4.79. The first-order chi connectivity index (χ1) is 21.4. The molecule has 3 aliphatic carbocycles. The first kappa shape index (κ1) is 33.8. The number of carbonyl (C=O) groups is 4. The van der Waals surface area contributed by atoms with Gasteiger partial charge in [0.1, 0.15) is 17.8 Å². The molecule has 2 aromatic rings. The Labute approximate surface area is 269 Å². The summed E-state index contributed by atoms with van der Waals surface area (Å²) in [6, 6.07) is 10.6. The number of primary amides is 1. The molecular formula is C36H46N2O8. The quantitative estimate of drug-likeness (QED) is 0.144. The summed E-state index contributed by atoms with van der Waals surface area (Å²) in [6.45, 7) is 11.2. The molecule has 0 radical (unpaired) electrons. The number of hydrogen-bond donors (Lipinski definition) is 6. The van der Waals surface area contributed by atoms with Crippen LogP contribution in [0.3, 0.4) is 0 Å². The van der Waals surface area contributed by atoms with Gasteiger partial charge in [-0.2, -0.15) is 0 Å². The maximum atomic E-state index is 14.5. The van der Waals surface area contributed by atoms with Gasteiger partial charge >= 0.3 is 0 Å². The molecular weight excluding hydrogens is 588 g/mol. The van der Waals surface area contributed by atoms with E-state index >= 15 is 0 Å². The molecule has 2 aromatic carbocycles. The predicted octanol–water partition coefficient (Wildman–Crippen LogP) is 3.38. The van der Waals surface area contributed by atoms with E-state index in [0.29, 0.717) is 11.1 Å². The van der Waals surface area contributed by atoms with Crippen molar-refractivity contribution in [1.82, 2.24) is 0 Å². The molecule has 3 aliphatic rings. The minimum atomic E-state index is -2.57. The lowest BCUT2D eigenvalue weighted by molar-refractivity contribution is -0.265. The monoisotopic (exact) mass is 634 g/mol. The highest BCUT2D eigenvalue weighted by molar-refractivity contribution is 6.10. The van der Waals surface area contributed by atoms with Gasteiger partial charge in [-0.05, 0) is 53.2 Å². The summed E-state index contributed by atoms with van der Waals surface area (Å²) in [7, 11) is 0. The van der Waals surface area contributed by atoms with Gasteiger partial charge in [-0.15, -0.1) is 0 Å². The normalized spacial score (nSPS) is 33.8. The number of nitrogens with one attached hydrogen (secondary N) is 1. The standard InChI is InChI=1S/C36H46N2O8/c1-17(2)20-14-22(38-13-12-23(39)19-10-8-7-9-11-19)28(40)24-21(20)15-34(5)16-35(6)26(18(3)4)30(42)25(33(37)45)31(43)36(35,46)32(44)27(34)29(24)41/h7-11,14,17-18,25-27,30,32,38,40,42,44,46H,12-13,15-16H2,1-6H3,(H2,37,45)/t25-,26+,27-,30?,32?,34-,35-,36+/m1/s1. The lowest BCUT2D eigenvalue weighted by atomic mass is 9.39. The van der Waals surface area contributed by atoms with Crippen molar-refractivity contribution in [2.45, 2.75) is 84.5 Å². The molecule has 2 unspecified atom stereocenters. The van der Waals surface area contributed by atoms with Gasteiger partial charge in [0.25, 0.3) is 0 Å². The zero-order chi connectivity index (χ0) is 34.1. The number of phenolic OH excluding ortho intramolecular Hbond substituents is 1. The number of fused-ring (bicyclic) bond motifs is 3. The average molecular weight is 635 g/mol. The second kappa shape index (κ2) is 11.6. The number of aliphatic hydroxyl groups is 3. The number of hydrogen-bond acceptors (Lipinski definition) is 9. The summed E-state index contributed by atoms with van der Waals surface area (Å²) in [6.07, 6.45) is -2.94. The van der Waals surface area contributed by atoms with Crippen LogP contribution in [0, 0.1) is 34.5 Å². The number of ketones is 3. The van der Waals surface area contributed by atoms with Crippen LogP contribution in [0.4, 0.5) is 5.69 Å². The lowest BCUT2D eigenvalue weighted by Gasteiger charge is -2.66. The van der Waals surface area contributed by atoms with Crippen LogP contribution in [-0.2, 0) is 16.0 Å². The van der Waals surface area contributed by atoms with E-state index in [2.05, 4.69) is 5.32 Å². The number of amides is 1. The second-order valence-electron chi connectivity index (χ2n) is 14.8. The maximum absolute atomic E-state index is 14.5. The molecule has 0 spiro atoms. The van der Waals surface area contributed by atoms with Crippen LogP contribution in [0.15, 0.2) is 36.4 Å². The largest absolute Gasteiger partial charge is 0.505 e. The Hall–Kier alpha value is -3.60. The van der Waals surface area contributed by atoms with E-state index in [-0.39, 0.29) is 60.4 Å².